The Morgan fingerprint density at radius 3 is 2.30 bits per heavy atom. The van der Waals surface area contributed by atoms with Crippen LogP contribution in [0.2, 0.25) is 0 Å². The van der Waals surface area contributed by atoms with Crippen molar-refractivity contribution in [3.63, 3.8) is 0 Å². The molecule has 2 aromatic heterocycles. The van der Waals surface area contributed by atoms with Crippen LogP contribution in [0.3, 0.4) is 0 Å². The number of aryl methyl sites for hydroxylation is 1. The van der Waals surface area contributed by atoms with Crippen molar-refractivity contribution < 1.29 is 30.0 Å². The molecule has 4 rings (SSSR count). The molecular weight excluding hydrogens is 571 g/mol. The number of carbonyl (C=O) groups is 1. The number of thiophene rings is 1. The number of rotatable bonds is 3. The third kappa shape index (κ3) is 5.96. The van der Waals surface area contributed by atoms with Crippen molar-refractivity contribution in [3.05, 3.63) is 90.2 Å². The first-order valence-corrected chi connectivity index (χ1v) is 10.1. The summed E-state index contributed by atoms with van der Waals surface area (Å²) in [6.45, 7) is 5.01. The summed E-state index contributed by atoms with van der Waals surface area (Å²) in [4.78, 5) is 16.2. The predicted molar refractivity (Wildman–Crippen MR) is 121 cm³/mol. The van der Waals surface area contributed by atoms with E-state index in [-0.39, 0.29) is 31.6 Å². The van der Waals surface area contributed by atoms with Gasteiger partial charge in [0.2, 0.25) is 0 Å². The Bertz CT molecular complexity index is 1150. The molecule has 5 heteroatoms. The van der Waals surface area contributed by atoms with Crippen LogP contribution in [0.25, 0.3) is 31.9 Å². The molecule has 4 aromatic rings. The number of pyridine rings is 1. The van der Waals surface area contributed by atoms with Crippen LogP contribution in [-0.2, 0) is 24.9 Å². The van der Waals surface area contributed by atoms with Gasteiger partial charge in [-0.25, -0.2) is 0 Å². The van der Waals surface area contributed by atoms with Crippen LogP contribution >= 0.6 is 11.3 Å². The molecule has 0 saturated carbocycles. The molecule has 1 radical (unpaired) electrons. The fraction of sp³-hybridized carbons (Fsp3) is 0.120. The van der Waals surface area contributed by atoms with Gasteiger partial charge in [-0.3, -0.25) is 9.78 Å². The number of ketones is 1. The largest absolute Gasteiger partial charge is 0.512 e. The van der Waals surface area contributed by atoms with Crippen LogP contribution < -0.4 is 0 Å². The quantitative estimate of drug-likeness (QED) is 0.162. The first-order valence-electron chi connectivity index (χ1n) is 9.26. The number of aliphatic hydroxyl groups is 1. The molecule has 0 saturated heterocycles. The molecule has 3 nitrogen and oxygen atoms in total. The van der Waals surface area contributed by atoms with E-state index in [1.54, 1.807) is 0 Å². The van der Waals surface area contributed by atoms with Crippen LogP contribution in [-0.4, -0.2) is 15.9 Å². The Morgan fingerprint density at radius 1 is 1.03 bits per heavy atom. The Kier molecular flexibility index (Phi) is 8.67. The molecule has 0 fully saturated rings. The number of allylic oxidation sites excluding steroid dienone is 2. The number of nitrogens with zero attached hydrogens (tertiary/aromatic N) is 1. The van der Waals surface area contributed by atoms with Crippen molar-refractivity contribution in [1.82, 2.24) is 4.98 Å². The second kappa shape index (κ2) is 11.0. The summed E-state index contributed by atoms with van der Waals surface area (Å²) < 4.78 is 1.23. The maximum absolute atomic E-state index is 10.0. The minimum absolute atomic E-state index is 0. The topological polar surface area (TPSA) is 50.2 Å². The second-order valence-electron chi connectivity index (χ2n) is 6.64. The van der Waals surface area contributed by atoms with Crippen molar-refractivity contribution in [2.24, 2.45) is 0 Å². The van der Waals surface area contributed by atoms with Gasteiger partial charge >= 0.3 is 0 Å². The van der Waals surface area contributed by atoms with E-state index in [9.17, 15) is 4.79 Å². The summed E-state index contributed by atoms with van der Waals surface area (Å²) in [6.07, 6.45) is 1.17. The van der Waals surface area contributed by atoms with Crippen LogP contribution in [0.15, 0.2) is 78.6 Å². The van der Waals surface area contributed by atoms with Gasteiger partial charge in [0.15, 0.2) is 5.78 Å². The molecule has 2 heterocycles. The predicted octanol–water partition coefficient (Wildman–Crippen LogP) is 6.77. The van der Waals surface area contributed by atoms with Gasteiger partial charge in [-0.2, -0.15) is 0 Å². The van der Waals surface area contributed by atoms with Crippen molar-refractivity contribution in [2.75, 3.05) is 0 Å². The van der Waals surface area contributed by atoms with E-state index in [0.717, 1.165) is 16.8 Å². The monoisotopic (exact) mass is 593 g/mol. The standard InChI is InChI=1S/C20H14NS.C5H8O2.Ir/c1-14-19-18(22-20(14)16-10-6-3-7-11-16)13-12-17(21-19)15-8-4-2-5-9-15;1-4(6)3-5(2)7;/h2-8,10-13H,1H3;3,6H,1-2H3;/q-1;;/b;4-3-;. The summed E-state index contributed by atoms with van der Waals surface area (Å²) in [7, 11) is 0. The molecule has 0 bridgehead atoms. The fourth-order valence-corrected chi connectivity index (χ4v) is 4.11. The third-order valence-corrected chi connectivity index (χ3v) is 5.49. The van der Waals surface area contributed by atoms with Crippen LogP contribution in [0, 0.1) is 13.0 Å². The van der Waals surface area contributed by atoms with Gasteiger partial charge in [-0.1, -0.05) is 36.4 Å². The summed E-state index contributed by atoms with van der Waals surface area (Å²) in [5, 5.41) is 8.36. The zero-order valence-corrected chi connectivity index (χ0v) is 20.2. The number of fused-ring (bicyclic) bond motifs is 1. The molecule has 0 aliphatic heterocycles. The molecule has 30 heavy (non-hydrogen) atoms. The zero-order chi connectivity index (χ0) is 20.8. The molecule has 0 unspecified atom stereocenters. The van der Waals surface area contributed by atoms with Gasteiger partial charge in [0.1, 0.15) is 0 Å². The molecule has 2 aromatic carbocycles. The molecule has 1 N–H and O–H groups in total. The van der Waals surface area contributed by atoms with Crippen molar-refractivity contribution in [1.29, 1.82) is 0 Å². The van der Waals surface area contributed by atoms with Crippen LogP contribution in [0.5, 0.6) is 0 Å². The van der Waals surface area contributed by atoms with Crippen molar-refractivity contribution >= 4 is 27.3 Å². The number of aromatic nitrogens is 1. The van der Waals surface area contributed by atoms with E-state index < -0.39 is 0 Å². The molecule has 0 amide bonds. The first kappa shape index (κ1) is 23.7. The van der Waals surface area contributed by atoms with Crippen molar-refractivity contribution in [3.8, 4) is 21.7 Å². The van der Waals surface area contributed by atoms with Crippen LogP contribution in [0.1, 0.15) is 19.4 Å². The number of hydrogen-bond donors (Lipinski definition) is 1. The molecule has 0 aliphatic rings. The Balaban J connectivity index is 0.000000350. The molecule has 0 aliphatic carbocycles. The number of benzene rings is 2. The van der Waals surface area contributed by atoms with Crippen molar-refractivity contribution in [2.45, 2.75) is 20.8 Å². The van der Waals surface area contributed by atoms with E-state index in [2.05, 4.69) is 49.4 Å². The maximum atomic E-state index is 10.0. The number of carbonyl (C=O) groups excluding carboxylic acids is 1. The minimum Gasteiger partial charge on any atom is -0.512 e. The van der Waals surface area contributed by atoms with Gasteiger partial charge in [0.25, 0.3) is 0 Å². The van der Waals surface area contributed by atoms with Gasteiger partial charge < -0.3 is 5.11 Å². The van der Waals surface area contributed by atoms with E-state index in [4.69, 9.17) is 10.1 Å². The second-order valence-corrected chi connectivity index (χ2v) is 7.69. The van der Waals surface area contributed by atoms with E-state index in [1.807, 2.05) is 41.7 Å². The minimum atomic E-state index is -0.125. The maximum Gasteiger partial charge on any atom is 0.155 e. The van der Waals surface area contributed by atoms with Gasteiger partial charge in [-0.05, 0) is 43.7 Å². The summed E-state index contributed by atoms with van der Waals surface area (Å²) in [5.41, 5.74) is 5.63. The Morgan fingerprint density at radius 2 is 1.73 bits per heavy atom. The smallest absolute Gasteiger partial charge is 0.155 e. The summed E-state index contributed by atoms with van der Waals surface area (Å²) in [6, 6.07) is 26.0. The summed E-state index contributed by atoms with van der Waals surface area (Å²) >= 11 is 1.81. The first-order chi connectivity index (χ1) is 14.0. The SMILES string of the molecule is CC(=O)/C=C(/C)O.Cc1c(-c2ccccc2)sc2ccc(-c3[c-]cccc3)nc12.[Ir]. The van der Waals surface area contributed by atoms with Crippen LogP contribution in [0.4, 0.5) is 0 Å². The average molecular weight is 593 g/mol. The molecule has 0 spiro atoms. The fourth-order valence-electron chi connectivity index (χ4n) is 2.95. The van der Waals surface area contributed by atoms with Gasteiger partial charge in [0.05, 0.1) is 16.0 Å². The Hall–Kier alpha value is -2.59. The average Bonchev–Trinajstić information content (AvgIpc) is 3.05. The number of aliphatic hydroxyl groups excluding tert-OH is 1. The summed E-state index contributed by atoms with van der Waals surface area (Å²) in [5.74, 6) is -0.0625. The normalized spacial score (nSPS) is 10.7. The van der Waals surface area contributed by atoms with Gasteiger partial charge in [0, 0.05) is 31.1 Å². The zero-order valence-electron chi connectivity index (χ0n) is 17.0. The Labute approximate surface area is 194 Å². The molecule has 0 atom stereocenters. The molecule has 155 valence electrons. The third-order valence-electron chi connectivity index (χ3n) is 4.20. The van der Waals surface area contributed by atoms with Gasteiger partial charge in [-0.15, -0.1) is 47.2 Å². The van der Waals surface area contributed by atoms with E-state index in [0.29, 0.717) is 0 Å². The van der Waals surface area contributed by atoms with E-state index >= 15 is 0 Å². The molecular formula is C25H22IrNO2S-. The van der Waals surface area contributed by atoms with E-state index in [1.165, 1.54) is 40.6 Å². The number of hydrogen-bond acceptors (Lipinski definition) is 4.